The molecule has 0 radical (unpaired) electrons. The molecule has 2 unspecified atom stereocenters. The van der Waals surface area contributed by atoms with Crippen LogP contribution in [0.2, 0.25) is 5.02 Å². The second-order valence-electron chi connectivity index (χ2n) is 12.4. The number of nitrogens with two attached hydrogens (primary N) is 3. The van der Waals surface area contributed by atoms with Crippen LogP contribution in [0.15, 0.2) is 57.3 Å². The number of aromatic nitrogens is 3. The molecule has 2 aromatic carbocycles. The van der Waals surface area contributed by atoms with Gasteiger partial charge in [-0.1, -0.05) is 31.0 Å². The second-order valence-corrected chi connectivity index (χ2v) is 13.7. The molecule has 13 heteroatoms. The van der Waals surface area contributed by atoms with E-state index in [0.29, 0.717) is 53.3 Å². The molecule has 7 N–H and O–H groups in total. The van der Waals surface area contributed by atoms with Gasteiger partial charge in [-0.3, -0.25) is 18.8 Å². The van der Waals surface area contributed by atoms with E-state index in [1.165, 1.54) is 4.57 Å². The zero-order valence-electron chi connectivity index (χ0n) is 28.7. The Balaban J connectivity index is 1.66. The maximum atomic E-state index is 15.3. The van der Waals surface area contributed by atoms with Crippen molar-refractivity contribution < 1.29 is 8.78 Å². The molecule has 0 saturated carbocycles. The molecule has 0 aliphatic heterocycles. The van der Waals surface area contributed by atoms with Gasteiger partial charge in [-0.05, 0) is 93.2 Å². The third-order valence-corrected chi connectivity index (χ3v) is 9.64. The zero-order valence-corrected chi connectivity index (χ0v) is 30.2. The van der Waals surface area contributed by atoms with Gasteiger partial charge in [-0.2, -0.15) is 4.98 Å². The maximum absolute atomic E-state index is 15.3. The standard InChI is InChI=1S/C36H49ClF2N8OS/c1-4-8-31(46(15-6-13-38)16-7-14-43-33(42)21-40)27-12-11-26(20-32(27)49-3)47-22-25-19-30(44-35(25)45-36(47)48)28-17-24(10-5-9-23(2)41)18-29(37)34(28)39/h11-12,17-20,22-23,31H,4-10,13-16,21,40-41H2,1-3H3,(H2,42,43)(H,44,45,48). The van der Waals surface area contributed by atoms with E-state index in [0.717, 1.165) is 61.1 Å². The minimum Gasteiger partial charge on any atom is -0.386 e. The molecular weight excluding hydrogens is 666 g/mol. The van der Waals surface area contributed by atoms with Crippen molar-refractivity contribution in [3.63, 3.8) is 0 Å². The number of fused-ring (bicyclic) bond motifs is 1. The smallest absolute Gasteiger partial charge is 0.354 e. The number of aryl methyl sites for hydroxylation is 1. The molecule has 0 bridgehead atoms. The first-order chi connectivity index (χ1) is 23.6. The SMILES string of the molecule is CCCC(c1ccc(-n2cc3cc(-c4cc(CCCC(C)N)cc(Cl)c4F)[nH]c3nc2=O)cc1SC)N(CCCF)CCCN=C(N)CN. The summed E-state index contributed by atoms with van der Waals surface area (Å²) in [7, 11) is 0. The van der Waals surface area contributed by atoms with Gasteiger partial charge >= 0.3 is 5.69 Å². The fourth-order valence-electron chi connectivity index (χ4n) is 6.12. The van der Waals surface area contributed by atoms with Crippen LogP contribution in [0, 0.1) is 5.82 Å². The third-order valence-electron chi connectivity index (χ3n) is 8.57. The summed E-state index contributed by atoms with van der Waals surface area (Å²) in [6.07, 6.45) is 9.21. The Hall–Kier alpha value is -3.29. The van der Waals surface area contributed by atoms with Crippen molar-refractivity contribution in [1.82, 2.24) is 19.4 Å². The lowest BCUT2D eigenvalue weighted by molar-refractivity contribution is 0.175. The fourth-order valence-corrected chi connectivity index (χ4v) is 7.04. The number of thioether (sulfide) groups is 1. The number of amidine groups is 1. The first-order valence-electron chi connectivity index (χ1n) is 16.9. The number of nitrogens with one attached hydrogen (secondary N) is 1. The van der Waals surface area contributed by atoms with Gasteiger partial charge in [0, 0.05) is 53.8 Å². The Morgan fingerprint density at radius 3 is 2.63 bits per heavy atom. The number of rotatable bonds is 19. The number of hydrogen-bond acceptors (Lipinski definition) is 7. The average molecular weight is 715 g/mol. The molecule has 0 aliphatic carbocycles. The molecule has 4 rings (SSSR count). The Morgan fingerprint density at radius 1 is 1.16 bits per heavy atom. The molecule has 0 spiro atoms. The van der Waals surface area contributed by atoms with Gasteiger partial charge in [0.1, 0.15) is 11.5 Å². The molecule has 49 heavy (non-hydrogen) atoms. The van der Waals surface area contributed by atoms with Crippen LogP contribution in [0.3, 0.4) is 0 Å². The Labute approximate surface area is 296 Å². The van der Waals surface area contributed by atoms with Gasteiger partial charge in [0.25, 0.3) is 0 Å². The zero-order chi connectivity index (χ0) is 35.5. The van der Waals surface area contributed by atoms with Gasteiger partial charge in [-0.15, -0.1) is 11.8 Å². The van der Waals surface area contributed by atoms with Crippen LogP contribution in [0.1, 0.15) is 69.5 Å². The van der Waals surface area contributed by atoms with Crippen LogP contribution >= 0.6 is 23.4 Å². The number of nitrogens with zero attached hydrogens (tertiary/aromatic N) is 4. The molecular formula is C36H49ClF2N8OS. The van der Waals surface area contributed by atoms with Crippen molar-refractivity contribution in [1.29, 1.82) is 0 Å². The van der Waals surface area contributed by atoms with Gasteiger partial charge in [-0.25, -0.2) is 9.18 Å². The van der Waals surface area contributed by atoms with Crippen molar-refractivity contribution in [3.05, 3.63) is 75.0 Å². The highest BCUT2D eigenvalue weighted by atomic mass is 35.5. The molecule has 0 amide bonds. The largest absolute Gasteiger partial charge is 0.386 e. The van der Waals surface area contributed by atoms with Gasteiger partial charge in [0.15, 0.2) is 5.82 Å². The molecule has 0 saturated heterocycles. The summed E-state index contributed by atoms with van der Waals surface area (Å²) >= 11 is 7.90. The predicted molar refractivity (Wildman–Crippen MR) is 200 cm³/mol. The summed E-state index contributed by atoms with van der Waals surface area (Å²) in [5, 5.41) is 0.694. The van der Waals surface area contributed by atoms with Crippen molar-refractivity contribution in [2.24, 2.45) is 22.2 Å². The maximum Gasteiger partial charge on any atom is 0.354 e. The number of halogens is 3. The third kappa shape index (κ3) is 10.1. The van der Waals surface area contributed by atoms with Gasteiger partial charge < -0.3 is 22.2 Å². The van der Waals surface area contributed by atoms with Crippen LogP contribution in [-0.2, 0) is 6.42 Å². The minimum absolute atomic E-state index is 0.0404. The highest BCUT2D eigenvalue weighted by molar-refractivity contribution is 7.98. The predicted octanol–water partition coefficient (Wildman–Crippen LogP) is 6.77. The molecule has 9 nitrogen and oxygen atoms in total. The Morgan fingerprint density at radius 2 is 1.94 bits per heavy atom. The van der Waals surface area contributed by atoms with Crippen molar-refractivity contribution in [3.8, 4) is 16.9 Å². The quantitative estimate of drug-likeness (QED) is 0.0363. The fraction of sp³-hybridized carbons (Fsp3) is 0.472. The highest BCUT2D eigenvalue weighted by Gasteiger charge is 2.23. The number of H-pyrrole nitrogens is 1. The van der Waals surface area contributed by atoms with Crippen LogP contribution < -0.4 is 22.9 Å². The van der Waals surface area contributed by atoms with Crippen LogP contribution in [-0.4, -0.2) is 70.4 Å². The molecule has 2 heterocycles. The summed E-state index contributed by atoms with van der Waals surface area (Å²) in [6.45, 7) is 5.85. The van der Waals surface area contributed by atoms with E-state index in [1.54, 1.807) is 36.2 Å². The number of hydrogen-bond donors (Lipinski definition) is 4. The van der Waals surface area contributed by atoms with Gasteiger partial charge in [0.05, 0.1) is 29.6 Å². The lowest BCUT2D eigenvalue weighted by atomic mass is 9.99. The number of alkyl halides is 1. The number of benzene rings is 2. The number of aliphatic imine (C=N–C) groups is 1. The van der Waals surface area contributed by atoms with E-state index in [-0.39, 0.29) is 30.3 Å². The monoisotopic (exact) mass is 714 g/mol. The van der Waals surface area contributed by atoms with E-state index in [9.17, 15) is 9.18 Å². The summed E-state index contributed by atoms with van der Waals surface area (Å²) in [6, 6.07) is 11.3. The van der Waals surface area contributed by atoms with E-state index >= 15 is 4.39 Å². The minimum atomic E-state index is -0.533. The molecule has 2 atom stereocenters. The van der Waals surface area contributed by atoms with Crippen LogP contribution in [0.5, 0.6) is 0 Å². The second kappa shape index (κ2) is 18.6. The number of aromatic amines is 1. The van der Waals surface area contributed by atoms with Gasteiger partial charge in [0.2, 0.25) is 0 Å². The van der Waals surface area contributed by atoms with Crippen molar-refractivity contribution in [2.45, 2.75) is 75.8 Å². The highest BCUT2D eigenvalue weighted by Crippen LogP contribution is 2.35. The molecule has 0 fully saturated rings. The molecule has 4 aromatic rings. The molecule has 0 aliphatic rings. The average Bonchev–Trinajstić information content (AvgIpc) is 3.50. The summed E-state index contributed by atoms with van der Waals surface area (Å²) < 4.78 is 30.1. The first kappa shape index (κ1) is 38.5. The van der Waals surface area contributed by atoms with E-state index in [4.69, 9.17) is 28.8 Å². The Kier molecular flexibility index (Phi) is 14.6. The van der Waals surface area contributed by atoms with E-state index in [1.807, 2.05) is 25.3 Å². The lowest BCUT2D eigenvalue weighted by Gasteiger charge is -2.33. The summed E-state index contributed by atoms with van der Waals surface area (Å²) in [5.41, 5.74) is 20.7. The van der Waals surface area contributed by atoms with E-state index in [2.05, 4.69) is 32.9 Å². The van der Waals surface area contributed by atoms with E-state index < -0.39 is 11.5 Å². The Bertz CT molecular complexity index is 1780. The van der Waals surface area contributed by atoms with Crippen molar-refractivity contribution in [2.75, 3.05) is 39.1 Å². The summed E-state index contributed by atoms with van der Waals surface area (Å²) in [5.74, 6) is -0.108. The first-order valence-corrected chi connectivity index (χ1v) is 18.5. The molecule has 266 valence electrons. The van der Waals surface area contributed by atoms with Crippen molar-refractivity contribution >= 4 is 40.2 Å². The van der Waals surface area contributed by atoms with Crippen LogP contribution in [0.25, 0.3) is 28.0 Å². The lowest BCUT2D eigenvalue weighted by Crippen LogP contribution is -2.32. The summed E-state index contributed by atoms with van der Waals surface area (Å²) in [4.78, 5) is 28.4. The molecule has 2 aromatic heterocycles. The topological polar surface area (TPSA) is 144 Å². The normalized spacial score (nSPS) is 13.4. The van der Waals surface area contributed by atoms with Crippen LogP contribution in [0.4, 0.5) is 8.78 Å².